The smallest absolute Gasteiger partial charge is 0.260 e. The van der Waals surface area contributed by atoms with Gasteiger partial charge in [-0.15, -0.1) is 12.4 Å². The first kappa shape index (κ1) is 22.6. The Balaban J connectivity index is 0.00000280. The lowest BCUT2D eigenvalue weighted by atomic mass is 10.1. The molecule has 1 aromatic heterocycles. The molecular formula is C20H24BrClN4OS. The zero-order valence-corrected chi connectivity index (χ0v) is 19.6. The minimum absolute atomic E-state index is 0. The van der Waals surface area contributed by atoms with Gasteiger partial charge in [0, 0.05) is 42.9 Å². The number of likely N-dealkylation sites (N-methyl/N-ethyl adjacent to an activating group) is 1. The second kappa shape index (κ2) is 9.69. The maximum absolute atomic E-state index is 13.2. The molecule has 3 aromatic rings. The Morgan fingerprint density at radius 1 is 1.04 bits per heavy atom. The zero-order chi connectivity index (χ0) is 19.6. The molecule has 0 fully saturated rings. The number of fused-ring (bicyclic) bond motifs is 1. The van der Waals surface area contributed by atoms with E-state index in [2.05, 4.69) is 20.8 Å². The van der Waals surface area contributed by atoms with Crippen molar-refractivity contribution in [2.45, 2.75) is 0 Å². The Morgan fingerprint density at radius 2 is 1.71 bits per heavy atom. The summed E-state index contributed by atoms with van der Waals surface area (Å²) in [6, 6.07) is 13.7. The van der Waals surface area contributed by atoms with Crippen LogP contribution >= 0.6 is 39.7 Å². The molecule has 2 aromatic carbocycles. The van der Waals surface area contributed by atoms with Crippen LogP contribution in [0.1, 0.15) is 10.4 Å². The van der Waals surface area contributed by atoms with Gasteiger partial charge < -0.3 is 9.80 Å². The average Bonchev–Trinajstić information content (AvgIpc) is 3.04. The van der Waals surface area contributed by atoms with E-state index in [9.17, 15) is 4.79 Å². The Labute approximate surface area is 184 Å². The fourth-order valence-corrected chi connectivity index (χ4v) is 4.19. The number of rotatable bonds is 6. The lowest BCUT2D eigenvalue weighted by molar-refractivity contribution is 0.0985. The fraction of sp³-hybridized carbons (Fsp3) is 0.300. The molecule has 0 aliphatic carbocycles. The number of halogens is 2. The summed E-state index contributed by atoms with van der Waals surface area (Å²) in [6.45, 7) is 1.35. The zero-order valence-electron chi connectivity index (χ0n) is 16.3. The van der Waals surface area contributed by atoms with Crippen LogP contribution in [0.4, 0.5) is 10.8 Å². The standard InChI is InChI=1S/C20H23BrN4OS.ClH/c1-23(2)11-12-25(19(26)14-5-8-16(9-6-14)24(3)4)20-22-17-10-7-15(21)13-18(17)27-20;/h5-10,13H,11-12H2,1-4H3;1H. The number of carbonyl (C=O) groups excluding carboxylic acids is 1. The van der Waals surface area contributed by atoms with Crippen molar-refractivity contribution in [3.8, 4) is 0 Å². The van der Waals surface area contributed by atoms with Crippen LogP contribution in [0.5, 0.6) is 0 Å². The molecule has 28 heavy (non-hydrogen) atoms. The van der Waals surface area contributed by atoms with Gasteiger partial charge in [-0.3, -0.25) is 9.69 Å². The summed E-state index contributed by atoms with van der Waals surface area (Å²) in [7, 11) is 7.98. The monoisotopic (exact) mass is 482 g/mol. The number of thiazole rings is 1. The van der Waals surface area contributed by atoms with Gasteiger partial charge in [0.1, 0.15) is 0 Å². The molecule has 0 saturated heterocycles. The Kier molecular flexibility index (Phi) is 7.83. The Hall–Kier alpha value is -1.67. The predicted molar refractivity (Wildman–Crippen MR) is 126 cm³/mol. The first-order valence-electron chi connectivity index (χ1n) is 8.65. The second-order valence-corrected chi connectivity index (χ2v) is 8.73. The van der Waals surface area contributed by atoms with Crippen LogP contribution < -0.4 is 9.80 Å². The normalized spacial score (nSPS) is 10.8. The van der Waals surface area contributed by atoms with E-state index < -0.39 is 0 Å². The van der Waals surface area contributed by atoms with Crippen molar-refractivity contribution < 1.29 is 4.79 Å². The van der Waals surface area contributed by atoms with Crippen molar-refractivity contribution in [2.75, 3.05) is 51.1 Å². The first-order valence-corrected chi connectivity index (χ1v) is 10.3. The first-order chi connectivity index (χ1) is 12.8. The number of hydrogen-bond donors (Lipinski definition) is 0. The highest BCUT2D eigenvalue weighted by molar-refractivity contribution is 9.10. The summed E-state index contributed by atoms with van der Waals surface area (Å²) in [5.74, 6) is -0.0275. The summed E-state index contributed by atoms with van der Waals surface area (Å²) >= 11 is 5.04. The summed E-state index contributed by atoms with van der Waals surface area (Å²) < 4.78 is 2.07. The number of nitrogens with zero attached hydrogens (tertiary/aromatic N) is 4. The minimum atomic E-state index is -0.0275. The van der Waals surface area contributed by atoms with Crippen molar-refractivity contribution in [1.82, 2.24) is 9.88 Å². The second-order valence-electron chi connectivity index (χ2n) is 6.81. The molecule has 0 aliphatic heterocycles. The summed E-state index contributed by atoms with van der Waals surface area (Å²) in [5, 5.41) is 0.728. The van der Waals surface area contributed by atoms with E-state index in [0.29, 0.717) is 12.1 Å². The van der Waals surface area contributed by atoms with Gasteiger partial charge in [-0.2, -0.15) is 0 Å². The number of aromatic nitrogens is 1. The Bertz CT molecular complexity index is 943. The van der Waals surface area contributed by atoms with Crippen LogP contribution in [0.25, 0.3) is 10.2 Å². The Morgan fingerprint density at radius 3 is 2.32 bits per heavy atom. The molecule has 3 rings (SSSR count). The van der Waals surface area contributed by atoms with Crippen molar-refractivity contribution >= 4 is 66.6 Å². The van der Waals surface area contributed by atoms with Crippen LogP contribution in [0.2, 0.25) is 0 Å². The van der Waals surface area contributed by atoms with Gasteiger partial charge in [0.2, 0.25) is 0 Å². The van der Waals surface area contributed by atoms with Crippen LogP contribution in [0.15, 0.2) is 46.9 Å². The van der Waals surface area contributed by atoms with E-state index >= 15 is 0 Å². The number of anilines is 2. The number of carbonyl (C=O) groups is 1. The highest BCUT2D eigenvalue weighted by Crippen LogP contribution is 2.31. The molecule has 0 aliphatic rings. The molecule has 0 saturated carbocycles. The summed E-state index contributed by atoms with van der Waals surface area (Å²) in [6.07, 6.45) is 0. The van der Waals surface area contributed by atoms with Gasteiger partial charge in [-0.05, 0) is 56.6 Å². The molecule has 8 heteroatoms. The SMILES string of the molecule is CN(C)CCN(C(=O)c1ccc(N(C)C)cc1)c1nc2ccc(Br)cc2s1.Cl. The molecule has 0 unspecified atom stereocenters. The van der Waals surface area contributed by atoms with E-state index in [1.165, 1.54) is 11.3 Å². The fourth-order valence-electron chi connectivity index (χ4n) is 2.64. The molecule has 0 spiro atoms. The van der Waals surface area contributed by atoms with Crippen LogP contribution in [0.3, 0.4) is 0 Å². The maximum atomic E-state index is 13.2. The molecule has 0 radical (unpaired) electrons. The quantitative estimate of drug-likeness (QED) is 0.507. The van der Waals surface area contributed by atoms with Crippen molar-refractivity contribution in [3.05, 3.63) is 52.5 Å². The number of hydrogen-bond acceptors (Lipinski definition) is 5. The van der Waals surface area contributed by atoms with Gasteiger partial charge in [-0.1, -0.05) is 27.3 Å². The molecule has 1 heterocycles. The van der Waals surface area contributed by atoms with E-state index in [4.69, 9.17) is 4.98 Å². The van der Waals surface area contributed by atoms with Crippen LogP contribution in [0, 0.1) is 0 Å². The number of benzene rings is 2. The van der Waals surface area contributed by atoms with Gasteiger partial charge in [-0.25, -0.2) is 4.98 Å². The third-order valence-corrected chi connectivity index (χ3v) is 5.75. The third kappa shape index (κ3) is 5.23. The van der Waals surface area contributed by atoms with E-state index in [-0.39, 0.29) is 18.3 Å². The van der Waals surface area contributed by atoms with Crippen LogP contribution in [-0.4, -0.2) is 57.1 Å². The average molecular weight is 484 g/mol. The van der Waals surface area contributed by atoms with E-state index in [1.807, 2.05) is 75.6 Å². The molecule has 150 valence electrons. The number of amides is 1. The predicted octanol–water partition coefficient (Wildman–Crippen LogP) is 4.76. The molecular weight excluding hydrogens is 460 g/mol. The molecule has 0 bridgehead atoms. The maximum Gasteiger partial charge on any atom is 0.260 e. The molecule has 1 amide bonds. The topological polar surface area (TPSA) is 39.7 Å². The molecule has 0 N–H and O–H groups in total. The molecule has 0 atom stereocenters. The van der Waals surface area contributed by atoms with Gasteiger partial charge in [0.05, 0.1) is 10.2 Å². The third-order valence-electron chi connectivity index (χ3n) is 4.22. The van der Waals surface area contributed by atoms with Crippen molar-refractivity contribution in [1.29, 1.82) is 0 Å². The van der Waals surface area contributed by atoms with Gasteiger partial charge in [0.15, 0.2) is 5.13 Å². The molecule has 5 nitrogen and oxygen atoms in total. The lowest BCUT2D eigenvalue weighted by Gasteiger charge is -2.22. The summed E-state index contributed by atoms with van der Waals surface area (Å²) in [5.41, 5.74) is 2.64. The largest absolute Gasteiger partial charge is 0.378 e. The highest BCUT2D eigenvalue weighted by atomic mass is 79.9. The van der Waals surface area contributed by atoms with Crippen molar-refractivity contribution in [3.63, 3.8) is 0 Å². The van der Waals surface area contributed by atoms with E-state index in [0.717, 1.165) is 32.1 Å². The summed E-state index contributed by atoms with van der Waals surface area (Å²) in [4.78, 5) is 23.8. The van der Waals surface area contributed by atoms with Gasteiger partial charge >= 0.3 is 0 Å². The van der Waals surface area contributed by atoms with Crippen LogP contribution in [-0.2, 0) is 0 Å². The van der Waals surface area contributed by atoms with Gasteiger partial charge in [0.25, 0.3) is 5.91 Å². The van der Waals surface area contributed by atoms with E-state index in [1.54, 1.807) is 4.90 Å². The minimum Gasteiger partial charge on any atom is -0.378 e. The highest BCUT2D eigenvalue weighted by Gasteiger charge is 2.21. The van der Waals surface area contributed by atoms with Crippen molar-refractivity contribution in [2.24, 2.45) is 0 Å². The lowest BCUT2D eigenvalue weighted by Crippen LogP contribution is -2.36.